The Hall–Kier alpha value is -3.11. The van der Waals surface area contributed by atoms with Gasteiger partial charge in [-0.1, -0.05) is 37.6 Å². The molecule has 1 aliphatic rings. The van der Waals surface area contributed by atoms with Gasteiger partial charge in [-0.2, -0.15) is 9.29 Å². The maximum atomic E-state index is 14.6. The predicted octanol–water partition coefficient (Wildman–Crippen LogP) is 4.73. The van der Waals surface area contributed by atoms with E-state index in [0.717, 1.165) is 37.0 Å². The fourth-order valence-corrected chi connectivity index (χ4v) is 5.47. The fourth-order valence-electron chi connectivity index (χ4n) is 3.86. The number of nitrogens with zero attached hydrogens (tertiary/aromatic N) is 3. The van der Waals surface area contributed by atoms with Crippen LogP contribution in [0.15, 0.2) is 45.8 Å². The second-order valence-electron chi connectivity index (χ2n) is 8.67. The van der Waals surface area contributed by atoms with Crippen LogP contribution in [0.2, 0.25) is 0 Å². The first-order valence-electron chi connectivity index (χ1n) is 11.2. The first-order chi connectivity index (χ1) is 16.2. The normalized spacial score (nSPS) is 15.0. The molecule has 180 valence electrons. The number of halogens is 1. The molecule has 1 aliphatic heterocycles. The summed E-state index contributed by atoms with van der Waals surface area (Å²) in [6.07, 6.45) is 2.39. The van der Waals surface area contributed by atoms with Crippen molar-refractivity contribution < 1.29 is 22.1 Å². The Morgan fingerprint density at radius 2 is 1.88 bits per heavy atom. The van der Waals surface area contributed by atoms with Gasteiger partial charge in [-0.25, -0.2) is 12.8 Å². The number of nitrogens with one attached hydrogen (secondary N) is 1. The molecule has 0 unspecified atom stereocenters. The molecule has 0 atom stereocenters. The van der Waals surface area contributed by atoms with Crippen LogP contribution in [0.5, 0.6) is 0 Å². The molecule has 0 spiro atoms. The first-order valence-corrected chi connectivity index (χ1v) is 12.7. The van der Waals surface area contributed by atoms with E-state index in [9.17, 15) is 17.6 Å². The molecule has 1 saturated heterocycles. The second-order valence-corrected chi connectivity index (χ2v) is 10.6. The van der Waals surface area contributed by atoms with Gasteiger partial charge in [0.05, 0.1) is 11.3 Å². The molecule has 8 nitrogen and oxygen atoms in total. The van der Waals surface area contributed by atoms with Gasteiger partial charge in [0.1, 0.15) is 10.7 Å². The first kappa shape index (κ1) is 24.0. The van der Waals surface area contributed by atoms with Crippen LogP contribution in [0.4, 0.5) is 10.1 Å². The number of aromatic nitrogens is 2. The monoisotopic (exact) mass is 486 g/mol. The van der Waals surface area contributed by atoms with Gasteiger partial charge in [0.25, 0.3) is 11.8 Å². The molecule has 2 heterocycles. The summed E-state index contributed by atoms with van der Waals surface area (Å²) in [5, 5.41) is 6.79. The van der Waals surface area contributed by atoms with Gasteiger partial charge in [0.2, 0.25) is 10.0 Å². The highest BCUT2D eigenvalue weighted by Crippen LogP contribution is 2.31. The highest BCUT2D eigenvalue weighted by atomic mass is 32.2. The maximum absolute atomic E-state index is 14.6. The van der Waals surface area contributed by atoms with Crippen molar-refractivity contribution in [3.05, 3.63) is 59.2 Å². The Balaban J connectivity index is 1.66. The van der Waals surface area contributed by atoms with Crippen molar-refractivity contribution in [2.24, 2.45) is 0 Å². The van der Waals surface area contributed by atoms with Crippen molar-refractivity contribution >= 4 is 21.6 Å². The van der Waals surface area contributed by atoms with E-state index in [0.29, 0.717) is 30.2 Å². The smallest absolute Gasteiger partial charge is 0.260 e. The Kier molecular flexibility index (Phi) is 6.81. The number of anilines is 1. The van der Waals surface area contributed by atoms with E-state index in [1.54, 1.807) is 12.1 Å². The topological polar surface area (TPSA) is 105 Å². The summed E-state index contributed by atoms with van der Waals surface area (Å²) in [7, 11) is -4.04. The molecule has 10 heteroatoms. The quantitative estimate of drug-likeness (QED) is 0.540. The van der Waals surface area contributed by atoms with Crippen LogP contribution < -0.4 is 5.32 Å². The lowest BCUT2D eigenvalue weighted by Crippen LogP contribution is -2.36. The van der Waals surface area contributed by atoms with Crippen LogP contribution in [-0.2, 0) is 10.0 Å². The highest BCUT2D eigenvalue weighted by Gasteiger charge is 2.29. The zero-order valence-corrected chi connectivity index (χ0v) is 20.2. The molecule has 1 N–H and O–H groups in total. The Bertz CT molecular complexity index is 1310. The number of rotatable bonds is 6. The van der Waals surface area contributed by atoms with E-state index in [1.165, 1.54) is 10.4 Å². The lowest BCUT2D eigenvalue weighted by Gasteiger charge is -2.26. The van der Waals surface area contributed by atoms with E-state index in [4.69, 9.17) is 4.52 Å². The van der Waals surface area contributed by atoms with E-state index in [-0.39, 0.29) is 17.4 Å². The van der Waals surface area contributed by atoms with E-state index in [1.807, 2.05) is 26.8 Å². The van der Waals surface area contributed by atoms with Gasteiger partial charge in [-0.05, 0) is 49.6 Å². The third-order valence-corrected chi connectivity index (χ3v) is 7.74. The van der Waals surface area contributed by atoms with Crippen LogP contribution in [0.25, 0.3) is 11.5 Å². The number of benzene rings is 2. The van der Waals surface area contributed by atoms with Gasteiger partial charge >= 0.3 is 0 Å². The van der Waals surface area contributed by atoms with Gasteiger partial charge < -0.3 is 9.84 Å². The van der Waals surface area contributed by atoms with Crippen LogP contribution in [0, 0.1) is 12.7 Å². The molecule has 1 amide bonds. The number of hydrogen-bond donors (Lipinski definition) is 1. The average molecular weight is 487 g/mol. The molecule has 34 heavy (non-hydrogen) atoms. The molecule has 0 radical (unpaired) electrons. The summed E-state index contributed by atoms with van der Waals surface area (Å²) in [5.41, 5.74) is 1.77. The third kappa shape index (κ3) is 4.74. The van der Waals surface area contributed by atoms with Crippen molar-refractivity contribution in [2.45, 2.75) is 50.8 Å². The molecular formula is C24H27FN4O4S. The van der Waals surface area contributed by atoms with Gasteiger partial charge in [0, 0.05) is 24.6 Å². The Morgan fingerprint density at radius 1 is 1.15 bits per heavy atom. The fraction of sp³-hybridized carbons (Fsp3) is 0.375. The molecule has 3 aromatic rings. The van der Waals surface area contributed by atoms with Crippen LogP contribution >= 0.6 is 0 Å². The molecule has 0 saturated carbocycles. The zero-order chi connectivity index (χ0) is 24.5. The number of carbonyl (C=O) groups excluding carboxylic acids is 1. The Morgan fingerprint density at radius 3 is 2.56 bits per heavy atom. The molecule has 4 rings (SSSR count). The SMILES string of the molecule is Cc1cccc(-c2nc(C(C)C)no2)c1NC(=O)c1ccc(F)c(S(=O)(=O)N2CCCCC2)c1. The number of piperidine rings is 1. The zero-order valence-electron chi connectivity index (χ0n) is 19.3. The molecule has 1 aromatic heterocycles. The molecule has 1 fully saturated rings. The summed E-state index contributed by atoms with van der Waals surface area (Å²) in [4.78, 5) is 17.0. The second kappa shape index (κ2) is 9.63. The van der Waals surface area contributed by atoms with Crippen LogP contribution in [-0.4, -0.2) is 41.9 Å². The Labute approximate surface area is 198 Å². The largest absolute Gasteiger partial charge is 0.334 e. The molecule has 0 aliphatic carbocycles. The van der Waals surface area contributed by atoms with E-state index in [2.05, 4.69) is 15.5 Å². The van der Waals surface area contributed by atoms with Crippen molar-refractivity contribution in [1.29, 1.82) is 0 Å². The van der Waals surface area contributed by atoms with Crippen molar-refractivity contribution in [3.8, 4) is 11.5 Å². The molecule has 0 bridgehead atoms. The number of amides is 1. The van der Waals surface area contributed by atoms with Crippen molar-refractivity contribution in [1.82, 2.24) is 14.4 Å². The summed E-state index contributed by atoms with van der Waals surface area (Å²) in [6, 6.07) is 8.74. The van der Waals surface area contributed by atoms with Crippen LogP contribution in [0.1, 0.15) is 60.8 Å². The number of carbonyl (C=O) groups is 1. The summed E-state index contributed by atoms with van der Waals surface area (Å²) in [5.74, 6) is -0.588. The number of aryl methyl sites for hydroxylation is 1. The standard InChI is InChI=1S/C24H27FN4O4S/c1-15(2)22-27-24(33-28-22)18-9-7-8-16(3)21(18)26-23(30)17-10-11-19(25)20(14-17)34(31,32)29-12-5-4-6-13-29/h7-11,14-15H,4-6,12-13H2,1-3H3,(H,26,30). The summed E-state index contributed by atoms with van der Waals surface area (Å²) >= 11 is 0. The minimum atomic E-state index is -4.04. The van der Waals surface area contributed by atoms with Crippen LogP contribution in [0.3, 0.4) is 0 Å². The summed E-state index contributed by atoms with van der Waals surface area (Å²) in [6.45, 7) is 6.38. The van der Waals surface area contributed by atoms with Crippen molar-refractivity contribution in [3.63, 3.8) is 0 Å². The third-order valence-electron chi connectivity index (χ3n) is 5.83. The minimum absolute atomic E-state index is 0.0274. The predicted molar refractivity (Wildman–Crippen MR) is 126 cm³/mol. The maximum Gasteiger partial charge on any atom is 0.260 e. The number of hydrogen-bond acceptors (Lipinski definition) is 6. The number of para-hydroxylation sites is 1. The van der Waals surface area contributed by atoms with E-state index < -0.39 is 26.6 Å². The lowest BCUT2D eigenvalue weighted by molar-refractivity contribution is 0.102. The van der Waals surface area contributed by atoms with Gasteiger partial charge in [0.15, 0.2) is 5.82 Å². The number of sulfonamides is 1. The highest BCUT2D eigenvalue weighted by molar-refractivity contribution is 7.89. The molecular weight excluding hydrogens is 459 g/mol. The average Bonchev–Trinajstić information content (AvgIpc) is 3.31. The van der Waals surface area contributed by atoms with E-state index >= 15 is 0 Å². The van der Waals surface area contributed by atoms with Gasteiger partial charge in [-0.3, -0.25) is 4.79 Å². The van der Waals surface area contributed by atoms with Crippen molar-refractivity contribution in [2.75, 3.05) is 18.4 Å². The molecule has 2 aromatic carbocycles. The minimum Gasteiger partial charge on any atom is -0.334 e. The lowest BCUT2D eigenvalue weighted by atomic mass is 10.1. The van der Waals surface area contributed by atoms with Gasteiger partial charge in [-0.15, -0.1) is 0 Å². The summed E-state index contributed by atoms with van der Waals surface area (Å²) < 4.78 is 47.3.